The molecule has 1 unspecified atom stereocenters. The number of amides is 1. The molecular formula is C18H18N2O2S. The van der Waals surface area contributed by atoms with Gasteiger partial charge in [0.2, 0.25) is 5.91 Å². The minimum atomic E-state index is -0.196. The summed E-state index contributed by atoms with van der Waals surface area (Å²) in [5, 5.41) is 2.85. The minimum Gasteiger partial charge on any atom is -0.324 e. The zero-order chi connectivity index (χ0) is 15.8. The van der Waals surface area contributed by atoms with Gasteiger partial charge in [0, 0.05) is 16.3 Å². The van der Waals surface area contributed by atoms with Crippen LogP contribution in [0.15, 0.2) is 40.0 Å². The monoisotopic (exact) mass is 326 g/mol. The van der Waals surface area contributed by atoms with E-state index in [0.717, 1.165) is 53.2 Å². The molecule has 23 heavy (non-hydrogen) atoms. The molecule has 2 heterocycles. The first-order valence-corrected chi connectivity index (χ1v) is 8.98. The fraction of sp³-hybridized carbons (Fsp3) is 0.333. The Morgan fingerprint density at radius 1 is 1.22 bits per heavy atom. The zero-order valence-corrected chi connectivity index (χ0v) is 13.5. The van der Waals surface area contributed by atoms with Crippen LogP contribution < -0.4 is 10.9 Å². The second-order valence-electron chi connectivity index (χ2n) is 6.11. The topological polar surface area (TPSA) is 62.0 Å². The Kier molecular flexibility index (Phi) is 3.73. The molecule has 2 N–H and O–H groups in total. The molecule has 5 heteroatoms. The summed E-state index contributed by atoms with van der Waals surface area (Å²) in [7, 11) is 0. The first kappa shape index (κ1) is 14.6. The van der Waals surface area contributed by atoms with Crippen LogP contribution in [-0.2, 0) is 17.6 Å². The normalized spacial score (nSPS) is 19.0. The second kappa shape index (κ2) is 5.89. The van der Waals surface area contributed by atoms with Crippen molar-refractivity contribution in [3.05, 3.63) is 57.5 Å². The van der Waals surface area contributed by atoms with Crippen LogP contribution in [-0.4, -0.2) is 16.6 Å². The highest BCUT2D eigenvalue weighted by Crippen LogP contribution is 2.39. The van der Waals surface area contributed by atoms with Gasteiger partial charge in [-0.25, -0.2) is 0 Å². The molecule has 1 aromatic heterocycles. The molecule has 0 fully saturated rings. The Morgan fingerprint density at radius 2 is 2.04 bits per heavy atom. The molecule has 2 aliphatic rings. The van der Waals surface area contributed by atoms with E-state index in [4.69, 9.17) is 0 Å². The van der Waals surface area contributed by atoms with E-state index in [1.807, 2.05) is 30.3 Å². The lowest BCUT2D eigenvalue weighted by Gasteiger charge is -2.17. The molecule has 4 nitrogen and oxygen atoms in total. The fourth-order valence-corrected chi connectivity index (χ4v) is 4.60. The van der Waals surface area contributed by atoms with Crippen LogP contribution >= 0.6 is 11.8 Å². The third kappa shape index (κ3) is 2.70. The average molecular weight is 326 g/mol. The summed E-state index contributed by atoms with van der Waals surface area (Å²) in [5.74, 6) is 0.448. The number of rotatable bonds is 2. The third-order valence-corrected chi connectivity index (χ3v) is 5.80. The SMILES string of the molecule is O=C(Nc1cc2c([nH]c1=O)CCCC2)C1CSc2ccccc21. The van der Waals surface area contributed by atoms with Crippen molar-refractivity contribution in [1.29, 1.82) is 0 Å². The molecule has 4 rings (SSSR count). The number of aromatic amines is 1. The Labute approximate surface area is 138 Å². The number of nitrogens with one attached hydrogen (secondary N) is 2. The van der Waals surface area contributed by atoms with E-state index in [-0.39, 0.29) is 17.4 Å². The first-order valence-electron chi connectivity index (χ1n) is 8.00. The van der Waals surface area contributed by atoms with Gasteiger partial charge in [0.15, 0.2) is 0 Å². The lowest BCUT2D eigenvalue weighted by Crippen LogP contribution is -2.26. The van der Waals surface area contributed by atoms with Crippen LogP contribution in [0.3, 0.4) is 0 Å². The molecule has 2 aromatic rings. The number of carbonyl (C=O) groups excluding carboxylic acids is 1. The largest absolute Gasteiger partial charge is 0.324 e. The number of aromatic nitrogens is 1. The van der Waals surface area contributed by atoms with E-state index in [0.29, 0.717) is 5.69 Å². The van der Waals surface area contributed by atoms with Gasteiger partial charge in [-0.2, -0.15) is 0 Å². The van der Waals surface area contributed by atoms with E-state index in [1.54, 1.807) is 11.8 Å². The molecule has 118 valence electrons. The molecule has 0 spiro atoms. The second-order valence-corrected chi connectivity index (χ2v) is 7.18. The van der Waals surface area contributed by atoms with Gasteiger partial charge in [0.05, 0.1) is 5.92 Å². The molecule has 1 atom stereocenters. The Morgan fingerprint density at radius 3 is 2.96 bits per heavy atom. The van der Waals surface area contributed by atoms with Crippen molar-refractivity contribution in [1.82, 2.24) is 4.98 Å². The highest BCUT2D eigenvalue weighted by atomic mass is 32.2. The molecule has 1 aliphatic heterocycles. The molecule has 0 radical (unpaired) electrons. The van der Waals surface area contributed by atoms with E-state index >= 15 is 0 Å². The van der Waals surface area contributed by atoms with E-state index in [9.17, 15) is 9.59 Å². The number of H-pyrrole nitrogens is 1. The van der Waals surface area contributed by atoms with Crippen LogP contribution in [0.4, 0.5) is 5.69 Å². The number of anilines is 1. The number of benzene rings is 1. The van der Waals surface area contributed by atoms with Gasteiger partial charge in [0.1, 0.15) is 5.69 Å². The lowest BCUT2D eigenvalue weighted by molar-refractivity contribution is -0.117. The number of aryl methyl sites for hydroxylation is 2. The van der Waals surface area contributed by atoms with Crippen LogP contribution in [0, 0.1) is 0 Å². The predicted molar refractivity (Wildman–Crippen MR) is 92.2 cm³/mol. The number of pyridine rings is 1. The number of thioether (sulfide) groups is 1. The standard InChI is InChI=1S/C18H18N2O2S/c21-17(13-10-23-16-8-4-2-6-12(13)16)20-15-9-11-5-1-3-7-14(11)19-18(15)22/h2,4,6,8-9,13H,1,3,5,7,10H2,(H,19,22)(H,20,21). The van der Waals surface area contributed by atoms with Gasteiger partial charge in [-0.3, -0.25) is 9.59 Å². The van der Waals surface area contributed by atoms with Gasteiger partial charge in [0.25, 0.3) is 5.56 Å². The highest BCUT2D eigenvalue weighted by molar-refractivity contribution is 7.99. The summed E-state index contributed by atoms with van der Waals surface area (Å²) >= 11 is 1.70. The number of fused-ring (bicyclic) bond motifs is 2. The van der Waals surface area contributed by atoms with Crippen molar-refractivity contribution >= 4 is 23.4 Å². The van der Waals surface area contributed by atoms with Gasteiger partial charge in [-0.1, -0.05) is 18.2 Å². The fourth-order valence-electron chi connectivity index (χ4n) is 3.37. The average Bonchev–Trinajstić information content (AvgIpc) is 2.99. The van der Waals surface area contributed by atoms with Crippen LogP contribution in [0.2, 0.25) is 0 Å². The van der Waals surface area contributed by atoms with Crippen molar-refractivity contribution in [3.8, 4) is 0 Å². The molecule has 0 saturated carbocycles. The molecular weight excluding hydrogens is 308 g/mol. The van der Waals surface area contributed by atoms with E-state index in [1.165, 1.54) is 0 Å². The number of hydrogen-bond acceptors (Lipinski definition) is 3. The van der Waals surface area contributed by atoms with Crippen LogP contribution in [0.5, 0.6) is 0 Å². The van der Waals surface area contributed by atoms with Gasteiger partial charge < -0.3 is 10.3 Å². The Balaban J connectivity index is 1.59. The lowest BCUT2D eigenvalue weighted by atomic mass is 9.95. The maximum atomic E-state index is 12.6. The number of carbonyl (C=O) groups is 1. The van der Waals surface area contributed by atoms with E-state index in [2.05, 4.69) is 10.3 Å². The summed E-state index contributed by atoms with van der Waals surface area (Å²) in [6.07, 6.45) is 4.15. The molecule has 1 aliphatic carbocycles. The van der Waals surface area contributed by atoms with Crippen LogP contribution in [0.25, 0.3) is 0 Å². The number of hydrogen-bond donors (Lipinski definition) is 2. The summed E-state index contributed by atoms with van der Waals surface area (Å²) in [6, 6.07) is 9.84. The summed E-state index contributed by atoms with van der Waals surface area (Å²) in [4.78, 5) is 28.9. The van der Waals surface area contributed by atoms with Crippen molar-refractivity contribution in [3.63, 3.8) is 0 Å². The van der Waals surface area contributed by atoms with Gasteiger partial charge in [-0.05, 0) is 48.9 Å². The Bertz CT molecular complexity index is 828. The smallest absolute Gasteiger partial charge is 0.271 e. The zero-order valence-electron chi connectivity index (χ0n) is 12.7. The minimum absolute atomic E-state index is 0.0938. The van der Waals surface area contributed by atoms with Gasteiger partial charge >= 0.3 is 0 Å². The molecule has 1 aromatic carbocycles. The summed E-state index contributed by atoms with van der Waals surface area (Å²) in [6.45, 7) is 0. The maximum absolute atomic E-state index is 12.6. The first-order chi connectivity index (χ1) is 11.2. The summed E-state index contributed by atoms with van der Waals surface area (Å²) < 4.78 is 0. The van der Waals surface area contributed by atoms with Crippen molar-refractivity contribution in [2.45, 2.75) is 36.5 Å². The van der Waals surface area contributed by atoms with Crippen molar-refractivity contribution in [2.24, 2.45) is 0 Å². The van der Waals surface area contributed by atoms with Crippen LogP contribution in [0.1, 0.15) is 35.6 Å². The van der Waals surface area contributed by atoms with Gasteiger partial charge in [-0.15, -0.1) is 11.8 Å². The van der Waals surface area contributed by atoms with Crippen molar-refractivity contribution in [2.75, 3.05) is 11.1 Å². The van der Waals surface area contributed by atoms with E-state index < -0.39 is 0 Å². The summed E-state index contributed by atoms with van der Waals surface area (Å²) in [5.41, 5.74) is 3.43. The third-order valence-electron chi connectivity index (χ3n) is 4.61. The quantitative estimate of drug-likeness (QED) is 0.891. The highest BCUT2D eigenvalue weighted by Gasteiger charge is 2.29. The molecule has 0 saturated heterocycles. The van der Waals surface area contributed by atoms with Crippen molar-refractivity contribution < 1.29 is 4.79 Å². The molecule has 0 bridgehead atoms. The Hall–Kier alpha value is -2.01. The predicted octanol–water partition coefficient (Wildman–Crippen LogP) is 3.08. The maximum Gasteiger partial charge on any atom is 0.271 e. The molecule has 1 amide bonds.